The van der Waals surface area contributed by atoms with Crippen molar-refractivity contribution in [1.82, 2.24) is 4.98 Å². The summed E-state index contributed by atoms with van der Waals surface area (Å²) < 4.78 is 42.1. The summed E-state index contributed by atoms with van der Waals surface area (Å²) >= 11 is 0. The van der Waals surface area contributed by atoms with Crippen molar-refractivity contribution in [2.45, 2.75) is 18.8 Å². The lowest BCUT2D eigenvalue weighted by Gasteiger charge is -2.22. The molecule has 0 aliphatic carbocycles. The summed E-state index contributed by atoms with van der Waals surface area (Å²) in [5.74, 6) is 0. The predicted molar refractivity (Wildman–Crippen MR) is 45.8 cm³/mol. The quantitative estimate of drug-likeness (QED) is 0.720. The molecule has 1 aliphatic rings. The average molecular weight is 218 g/mol. The van der Waals surface area contributed by atoms with E-state index in [4.69, 9.17) is 10.5 Å². The van der Waals surface area contributed by atoms with E-state index < -0.39 is 17.8 Å². The number of halogens is 3. The maximum Gasteiger partial charge on any atom is 0.417 e. The van der Waals surface area contributed by atoms with Gasteiger partial charge >= 0.3 is 6.18 Å². The molecular weight excluding hydrogens is 209 g/mol. The number of nitrogens with zero attached hydrogens (tertiary/aromatic N) is 1. The lowest BCUT2D eigenvalue weighted by molar-refractivity contribution is -0.138. The van der Waals surface area contributed by atoms with Crippen LogP contribution in [0, 0.1) is 0 Å². The first kappa shape index (κ1) is 10.4. The van der Waals surface area contributed by atoms with Crippen molar-refractivity contribution in [3.05, 3.63) is 29.1 Å². The number of hydrogen-bond donors (Lipinski definition) is 1. The molecular formula is C9H9F3N2O. The summed E-state index contributed by atoms with van der Waals surface area (Å²) in [7, 11) is 0. The van der Waals surface area contributed by atoms with Gasteiger partial charge in [0.15, 0.2) is 0 Å². The van der Waals surface area contributed by atoms with E-state index in [1.165, 1.54) is 0 Å². The molecule has 1 aliphatic heterocycles. The molecule has 0 saturated carbocycles. The Morgan fingerprint density at radius 3 is 2.87 bits per heavy atom. The van der Waals surface area contributed by atoms with E-state index in [-0.39, 0.29) is 6.61 Å². The molecule has 2 heterocycles. The van der Waals surface area contributed by atoms with Crippen LogP contribution >= 0.6 is 0 Å². The molecule has 82 valence electrons. The Labute approximate surface area is 84.1 Å². The van der Waals surface area contributed by atoms with Gasteiger partial charge in [-0.25, -0.2) is 0 Å². The van der Waals surface area contributed by atoms with E-state index in [0.717, 1.165) is 12.3 Å². The second-order valence-corrected chi connectivity index (χ2v) is 3.39. The van der Waals surface area contributed by atoms with Gasteiger partial charge in [0, 0.05) is 11.8 Å². The monoisotopic (exact) mass is 218 g/mol. The van der Waals surface area contributed by atoms with Gasteiger partial charge in [-0.2, -0.15) is 13.2 Å². The van der Waals surface area contributed by atoms with Gasteiger partial charge in [-0.15, -0.1) is 0 Å². The van der Waals surface area contributed by atoms with Crippen molar-refractivity contribution in [2.75, 3.05) is 6.61 Å². The van der Waals surface area contributed by atoms with Crippen LogP contribution in [0.2, 0.25) is 0 Å². The van der Waals surface area contributed by atoms with Crippen LogP contribution in [0.1, 0.15) is 22.9 Å². The molecule has 0 radical (unpaired) electrons. The number of rotatable bonds is 0. The van der Waals surface area contributed by atoms with E-state index in [2.05, 4.69) is 4.98 Å². The maximum atomic E-state index is 12.3. The topological polar surface area (TPSA) is 48.1 Å². The van der Waals surface area contributed by atoms with Crippen molar-refractivity contribution < 1.29 is 17.9 Å². The van der Waals surface area contributed by atoms with E-state index in [1.807, 2.05) is 0 Å². The van der Waals surface area contributed by atoms with Crippen molar-refractivity contribution >= 4 is 0 Å². The molecule has 0 fully saturated rings. The second kappa shape index (κ2) is 3.46. The van der Waals surface area contributed by atoms with Gasteiger partial charge in [-0.05, 0) is 6.07 Å². The smallest absolute Gasteiger partial charge is 0.375 e. The molecule has 1 aromatic heterocycles. The zero-order valence-electron chi connectivity index (χ0n) is 7.71. The fourth-order valence-electron chi connectivity index (χ4n) is 1.50. The summed E-state index contributed by atoms with van der Waals surface area (Å²) in [5, 5.41) is 0. The molecule has 3 nitrogen and oxygen atoms in total. The molecule has 1 atom stereocenters. The van der Waals surface area contributed by atoms with Crippen LogP contribution in [0.4, 0.5) is 13.2 Å². The van der Waals surface area contributed by atoms with Crippen LogP contribution < -0.4 is 5.73 Å². The first-order valence-electron chi connectivity index (χ1n) is 4.38. The molecule has 0 aromatic carbocycles. The van der Waals surface area contributed by atoms with E-state index in [9.17, 15) is 13.2 Å². The Morgan fingerprint density at radius 1 is 1.47 bits per heavy atom. The number of aromatic nitrogens is 1. The summed E-state index contributed by atoms with van der Waals surface area (Å²) in [6.07, 6.45) is -3.56. The third kappa shape index (κ3) is 1.95. The molecule has 0 bridgehead atoms. The van der Waals surface area contributed by atoms with Gasteiger partial charge in [0.1, 0.15) is 0 Å². The normalized spacial score (nSPS) is 21.2. The van der Waals surface area contributed by atoms with Gasteiger partial charge in [0.2, 0.25) is 0 Å². The van der Waals surface area contributed by atoms with Gasteiger partial charge < -0.3 is 10.5 Å². The molecule has 2 rings (SSSR count). The van der Waals surface area contributed by atoms with Crippen molar-refractivity contribution in [2.24, 2.45) is 5.73 Å². The number of pyridine rings is 1. The largest absolute Gasteiger partial charge is 0.417 e. The molecule has 0 saturated heterocycles. The van der Waals surface area contributed by atoms with E-state index in [0.29, 0.717) is 17.9 Å². The average Bonchev–Trinajstić information content (AvgIpc) is 2.16. The van der Waals surface area contributed by atoms with Gasteiger partial charge in [0.25, 0.3) is 0 Å². The number of nitrogens with two attached hydrogens (primary N) is 1. The number of ether oxygens (including phenoxy) is 1. The Hall–Kier alpha value is -1.14. The van der Waals surface area contributed by atoms with Crippen molar-refractivity contribution in [1.29, 1.82) is 0 Å². The summed E-state index contributed by atoms with van der Waals surface area (Å²) in [6, 6.07) is 0.609. The Balaban J connectivity index is 2.42. The Morgan fingerprint density at radius 2 is 2.20 bits per heavy atom. The maximum absolute atomic E-state index is 12.3. The number of fused-ring (bicyclic) bond motifs is 1. The lowest BCUT2D eigenvalue weighted by Crippen LogP contribution is -2.25. The highest BCUT2D eigenvalue weighted by molar-refractivity contribution is 5.29. The summed E-state index contributed by atoms with van der Waals surface area (Å²) in [6.45, 7) is 0.436. The first-order chi connectivity index (χ1) is 6.98. The van der Waals surface area contributed by atoms with Crippen LogP contribution in [-0.4, -0.2) is 11.6 Å². The van der Waals surface area contributed by atoms with Crippen LogP contribution in [-0.2, 0) is 17.5 Å². The molecule has 1 aromatic rings. The van der Waals surface area contributed by atoms with Gasteiger partial charge in [0.05, 0.1) is 30.5 Å². The highest BCUT2D eigenvalue weighted by atomic mass is 19.4. The summed E-state index contributed by atoms with van der Waals surface area (Å²) in [4.78, 5) is 3.74. The SMILES string of the molecule is NC1COCc2cc(C(F)(F)F)cnc21. The van der Waals surface area contributed by atoms with Crippen LogP contribution in [0.5, 0.6) is 0 Å². The highest BCUT2D eigenvalue weighted by Gasteiger charge is 2.32. The fourth-order valence-corrected chi connectivity index (χ4v) is 1.50. The number of alkyl halides is 3. The molecule has 2 N–H and O–H groups in total. The highest BCUT2D eigenvalue weighted by Crippen LogP contribution is 2.31. The van der Waals surface area contributed by atoms with Crippen LogP contribution in [0.3, 0.4) is 0 Å². The predicted octanol–water partition coefficient (Wildman–Crippen LogP) is 1.63. The fraction of sp³-hybridized carbons (Fsp3) is 0.444. The number of hydrogen-bond acceptors (Lipinski definition) is 3. The Kier molecular flexibility index (Phi) is 2.40. The van der Waals surface area contributed by atoms with Crippen LogP contribution in [0.25, 0.3) is 0 Å². The zero-order valence-corrected chi connectivity index (χ0v) is 7.71. The standard InChI is InChI=1S/C9H9F3N2O/c10-9(11,12)6-1-5-3-15-4-7(13)8(5)14-2-6/h1-2,7H,3-4,13H2. The minimum atomic E-state index is -4.37. The minimum absolute atomic E-state index is 0.139. The lowest BCUT2D eigenvalue weighted by atomic mass is 10.0. The minimum Gasteiger partial charge on any atom is -0.375 e. The first-order valence-corrected chi connectivity index (χ1v) is 4.38. The second-order valence-electron chi connectivity index (χ2n) is 3.39. The summed E-state index contributed by atoms with van der Waals surface area (Å²) in [5.41, 5.74) is 5.79. The van der Waals surface area contributed by atoms with Crippen molar-refractivity contribution in [3.8, 4) is 0 Å². The zero-order chi connectivity index (χ0) is 11.1. The molecule has 0 amide bonds. The van der Waals surface area contributed by atoms with E-state index in [1.54, 1.807) is 0 Å². The van der Waals surface area contributed by atoms with Crippen molar-refractivity contribution in [3.63, 3.8) is 0 Å². The van der Waals surface area contributed by atoms with Crippen LogP contribution in [0.15, 0.2) is 12.3 Å². The van der Waals surface area contributed by atoms with Gasteiger partial charge in [-0.1, -0.05) is 0 Å². The molecule has 1 unspecified atom stereocenters. The molecule has 15 heavy (non-hydrogen) atoms. The third-order valence-corrected chi connectivity index (χ3v) is 2.23. The molecule has 0 spiro atoms. The third-order valence-electron chi connectivity index (χ3n) is 2.23. The molecule has 6 heteroatoms. The Bertz CT molecular complexity index is 378. The van der Waals surface area contributed by atoms with E-state index >= 15 is 0 Å². The van der Waals surface area contributed by atoms with Gasteiger partial charge in [-0.3, -0.25) is 4.98 Å².